The van der Waals surface area contributed by atoms with E-state index in [1.807, 2.05) is 43.0 Å². The highest BCUT2D eigenvalue weighted by Gasteiger charge is 2.37. The van der Waals surface area contributed by atoms with Crippen LogP contribution in [0, 0.1) is 0 Å². The van der Waals surface area contributed by atoms with Crippen molar-refractivity contribution in [3.63, 3.8) is 0 Å². The van der Waals surface area contributed by atoms with Gasteiger partial charge in [-0.2, -0.15) is 0 Å². The summed E-state index contributed by atoms with van der Waals surface area (Å²) in [6.45, 7) is 8.86. The Balaban J connectivity index is 1.55. The molecule has 2 saturated heterocycles. The fourth-order valence-corrected chi connectivity index (χ4v) is 3.99. The highest BCUT2D eigenvalue weighted by Crippen LogP contribution is 2.25. The molecule has 25 heavy (non-hydrogen) atoms. The van der Waals surface area contributed by atoms with Crippen LogP contribution >= 0.6 is 0 Å². The fourth-order valence-electron chi connectivity index (χ4n) is 3.99. The topological polar surface area (TPSA) is 43.8 Å². The molecule has 2 aliphatic rings. The predicted molar refractivity (Wildman–Crippen MR) is 101 cm³/mol. The van der Waals surface area contributed by atoms with E-state index in [0.717, 1.165) is 30.6 Å². The summed E-state index contributed by atoms with van der Waals surface area (Å²) in [5.74, 6) is 0.144. The molecule has 2 aliphatic heterocycles. The summed E-state index contributed by atoms with van der Waals surface area (Å²) in [6, 6.07) is 9.09. The van der Waals surface area contributed by atoms with Gasteiger partial charge in [-0.1, -0.05) is 18.6 Å². The van der Waals surface area contributed by atoms with E-state index in [2.05, 4.69) is 11.8 Å². The van der Waals surface area contributed by atoms with Crippen LogP contribution in [0.5, 0.6) is 0 Å². The molecule has 1 aromatic carbocycles. The van der Waals surface area contributed by atoms with Crippen molar-refractivity contribution in [2.75, 3.05) is 19.6 Å². The molecule has 1 aromatic rings. The molecular formula is C21H32N2O2. The number of hydrogen-bond donors (Lipinski definition) is 1. The molecule has 1 N–H and O–H groups in total. The van der Waals surface area contributed by atoms with Crippen molar-refractivity contribution < 1.29 is 9.90 Å². The Morgan fingerprint density at radius 3 is 2.72 bits per heavy atom. The average Bonchev–Trinajstić information content (AvgIpc) is 2.53. The van der Waals surface area contributed by atoms with Crippen molar-refractivity contribution in [1.82, 2.24) is 9.80 Å². The van der Waals surface area contributed by atoms with Gasteiger partial charge in [0.05, 0.1) is 5.60 Å². The van der Waals surface area contributed by atoms with Gasteiger partial charge in [0.1, 0.15) is 0 Å². The molecule has 1 amide bonds. The number of aliphatic hydroxyl groups is 1. The Morgan fingerprint density at radius 1 is 1.28 bits per heavy atom. The second-order valence-electron chi connectivity index (χ2n) is 8.46. The largest absolute Gasteiger partial charge is 0.390 e. The molecule has 0 unspecified atom stereocenters. The molecule has 0 saturated carbocycles. The zero-order valence-electron chi connectivity index (χ0n) is 15.9. The molecule has 0 bridgehead atoms. The Hall–Kier alpha value is -1.39. The first-order chi connectivity index (χ1) is 11.8. The van der Waals surface area contributed by atoms with Crippen molar-refractivity contribution >= 4 is 5.91 Å². The van der Waals surface area contributed by atoms with Gasteiger partial charge in [-0.25, -0.2) is 0 Å². The van der Waals surface area contributed by atoms with E-state index in [4.69, 9.17) is 0 Å². The Morgan fingerprint density at radius 2 is 2.04 bits per heavy atom. The SMILES string of the molecule is C[C@@H]1CCCCN1C1CN(C(=O)c2cccc(CCC(C)(C)O)c2)C1. The van der Waals surface area contributed by atoms with Crippen LogP contribution in [-0.4, -0.2) is 58.1 Å². The molecule has 1 atom stereocenters. The van der Waals surface area contributed by atoms with Gasteiger partial charge in [-0.05, 0) is 70.7 Å². The van der Waals surface area contributed by atoms with Gasteiger partial charge >= 0.3 is 0 Å². The maximum atomic E-state index is 12.7. The Bertz CT molecular complexity index is 602. The van der Waals surface area contributed by atoms with Gasteiger partial charge in [-0.15, -0.1) is 0 Å². The lowest BCUT2D eigenvalue weighted by molar-refractivity contribution is 0.00212. The van der Waals surface area contributed by atoms with Crippen molar-refractivity contribution in [2.45, 2.75) is 70.6 Å². The van der Waals surface area contributed by atoms with Crippen LogP contribution in [-0.2, 0) is 6.42 Å². The minimum absolute atomic E-state index is 0.144. The van der Waals surface area contributed by atoms with E-state index in [9.17, 15) is 9.90 Å². The standard InChI is InChI=1S/C21H32N2O2/c1-16-7-4-5-12-23(16)19-14-22(15-19)20(24)18-9-6-8-17(13-18)10-11-21(2,3)25/h6,8-9,13,16,19,25H,4-5,7,10-12,14-15H2,1-3H3/t16-/m1/s1. The van der Waals surface area contributed by atoms with Crippen molar-refractivity contribution in [3.05, 3.63) is 35.4 Å². The minimum atomic E-state index is -0.671. The number of hydrogen-bond acceptors (Lipinski definition) is 3. The first kappa shape index (κ1) is 18.4. The third kappa shape index (κ3) is 4.62. The van der Waals surface area contributed by atoms with Crippen molar-refractivity contribution in [3.8, 4) is 0 Å². The summed E-state index contributed by atoms with van der Waals surface area (Å²) in [6.07, 6.45) is 5.40. The lowest BCUT2D eigenvalue weighted by Crippen LogP contribution is -2.63. The molecule has 0 spiro atoms. The van der Waals surface area contributed by atoms with E-state index >= 15 is 0 Å². The van der Waals surface area contributed by atoms with Gasteiger partial charge in [-0.3, -0.25) is 9.69 Å². The number of benzene rings is 1. The average molecular weight is 344 g/mol. The van der Waals surface area contributed by atoms with Gasteiger partial charge in [0.25, 0.3) is 5.91 Å². The van der Waals surface area contributed by atoms with E-state index in [-0.39, 0.29) is 5.91 Å². The Labute approximate surface area is 151 Å². The fraction of sp³-hybridized carbons (Fsp3) is 0.667. The van der Waals surface area contributed by atoms with E-state index < -0.39 is 5.60 Å². The minimum Gasteiger partial charge on any atom is -0.390 e. The van der Waals surface area contributed by atoms with Gasteiger partial charge < -0.3 is 10.0 Å². The maximum Gasteiger partial charge on any atom is 0.253 e. The number of carbonyl (C=O) groups is 1. The van der Waals surface area contributed by atoms with Crippen LogP contribution in [0.1, 0.15) is 62.4 Å². The second-order valence-corrected chi connectivity index (χ2v) is 8.46. The lowest BCUT2D eigenvalue weighted by Gasteiger charge is -2.49. The zero-order valence-corrected chi connectivity index (χ0v) is 15.9. The summed E-state index contributed by atoms with van der Waals surface area (Å²) in [5.41, 5.74) is 1.23. The highest BCUT2D eigenvalue weighted by molar-refractivity contribution is 5.95. The van der Waals surface area contributed by atoms with Crippen LogP contribution in [0.25, 0.3) is 0 Å². The van der Waals surface area contributed by atoms with Gasteiger partial charge in [0.15, 0.2) is 0 Å². The molecule has 2 heterocycles. The molecule has 0 aliphatic carbocycles. The van der Waals surface area contributed by atoms with Gasteiger partial charge in [0, 0.05) is 30.7 Å². The van der Waals surface area contributed by atoms with Crippen LogP contribution in [0.2, 0.25) is 0 Å². The zero-order chi connectivity index (χ0) is 18.0. The second kappa shape index (κ2) is 7.46. The number of nitrogens with zero attached hydrogens (tertiary/aromatic N) is 2. The molecule has 3 rings (SSSR count). The first-order valence-corrected chi connectivity index (χ1v) is 9.70. The summed E-state index contributed by atoms with van der Waals surface area (Å²) >= 11 is 0. The third-order valence-electron chi connectivity index (χ3n) is 5.67. The lowest BCUT2D eigenvalue weighted by atomic mass is 9.96. The van der Waals surface area contributed by atoms with Crippen LogP contribution in [0.4, 0.5) is 0 Å². The third-order valence-corrected chi connectivity index (χ3v) is 5.67. The number of amides is 1. The molecule has 0 radical (unpaired) electrons. The molecule has 0 aromatic heterocycles. The van der Waals surface area contributed by atoms with Crippen molar-refractivity contribution in [1.29, 1.82) is 0 Å². The summed E-state index contributed by atoms with van der Waals surface area (Å²) < 4.78 is 0. The van der Waals surface area contributed by atoms with E-state index in [1.54, 1.807) is 0 Å². The Kier molecular flexibility index (Phi) is 5.49. The molecule has 4 heteroatoms. The monoisotopic (exact) mass is 344 g/mol. The highest BCUT2D eigenvalue weighted by atomic mass is 16.3. The van der Waals surface area contributed by atoms with E-state index in [0.29, 0.717) is 18.5 Å². The normalized spacial score (nSPS) is 22.7. The van der Waals surface area contributed by atoms with Crippen LogP contribution in [0.3, 0.4) is 0 Å². The molecule has 2 fully saturated rings. The molecular weight excluding hydrogens is 312 g/mol. The van der Waals surface area contributed by atoms with Crippen LogP contribution < -0.4 is 0 Å². The maximum absolute atomic E-state index is 12.7. The first-order valence-electron chi connectivity index (χ1n) is 9.70. The summed E-state index contributed by atoms with van der Waals surface area (Å²) in [4.78, 5) is 17.3. The smallest absolute Gasteiger partial charge is 0.253 e. The number of piperidine rings is 1. The quantitative estimate of drug-likeness (QED) is 0.893. The molecule has 138 valence electrons. The molecule has 4 nitrogen and oxygen atoms in total. The van der Waals surface area contributed by atoms with Gasteiger partial charge in [0.2, 0.25) is 0 Å². The number of likely N-dealkylation sites (tertiary alicyclic amines) is 2. The van der Waals surface area contributed by atoms with Crippen molar-refractivity contribution in [2.24, 2.45) is 0 Å². The summed E-state index contributed by atoms with van der Waals surface area (Å²) in [7, 11) is 0. The predicted octanol–water partition coefficient (Wildman–Crippen LogP) is 3.09. The number of aryl methyl sites for hydroxylation is 1. The van der Waals surface area contributed by atoms with E-state index in [1.165, 1.54) is 25.8 Å². The summed E-state index contributed by atoms with van der Waals surface area (Å²) in [5, 5.41) is 9.89. The van der Waals surface area contributed by atoms with Crippen LogP contribution in [0.15, 0.2) is 24.3 Å². The number of rotatable bonds is 5. The number of carbonyl (C=O) groups excluding carboxylic acids is 1.